The highest BCUT2D eigenvalue weighted by Crippen LogP contribution is 2.09. The molecular formula is C12H14FN3. The van der Waals surface area contributed by atoms with E-state index >= 15 is 0 Å². The molecule has 0 saturated carbocycles. The van der Waals surface area contributed by atoms with Crippen molar-refractivity contribution in [1.82, 2.24) is 15.5 Å². The van der Waals surface area contributed by atoms with Crippen LogP contribution in [-0.4, -0.2) is 10.2 Å². The Bertz CT molecular complexity index is 451. The van der Waals surface area contributed by atoms with E-state index in [1.54, 1.807) is 12.3 Å². The van der Waals surface area contributed by atoms with Gasteiger partial charge in [-0.25, -0.2) is 4.39 Å². The van der Waals surface area contributed by atoms with Crippen LogP contribution in [0.3, 0.4) is 0 Å². The average Bonchev–Trinajstić information content (AvgIpc) is 2.76. The number of aromatic nitrogens is 2. The van der Waals surface area contributed by atoms with E-state index in [2.05, 4.69) is 15.5 Å². The number of aromatic amines is 1. The Morgan fingerprint density at radius 3 is 3.00 bits per heavy atom. The molecule has 0 atom stereocenters. The second-order valence-electron chi connectivity index (χ2n) is 3.80. The fourth-order valence-corrected chi connectivity index (χ4v) is 1.55. The molecule has 4 heteroatoms. The van der Waals surface area contributed by atoms with Gasteiger partial charge in [-0.15, -0.1) is 0 Å². The fraction of sp³-hybridized carbons (Fsp3) is 0.250. The van der Waals surface area contributed by atoms with Crippen LogP contribution in [-0.2, 0) is 13.1 Å². The van der Waals surface area contributed by atoms with E-state index in [4.69, 9.17) is 0 Å². The molecule has 0 radical (unpaired) electrons. The predicted molar refractivity (Wildman–Crippen MR) is 60.3 cm³/mol. The van der Waals surface area contributed by atoms with E-state index in [1.807, 2.05) is 19.2 Å². The maximum Gasteiger partial charge on any atom is 0.127 e. The van der Waals surface area contributed by atoms with Crippen molar-refractivity contribution in [2.75, 3.05) is 0 Å². The van der Waals surface area contributed by atoms with Gasteiger partial charge in [-0.1, -0.05) is 17.7 Å². The Kier molecular flexibility index (Phi) is 3.31. The largest absolute Gasteiger partial charge is 0.308 e. The van der Waals surface area contributed by atoms with Gasteiger partial charge in [0.25, 0.3) is 0 Å². The van der Waals surface area contributed by atoms with Crippen LogP contribution < -0.4 is 5.32 Å². The van der Waals surface area contributed by atoms with E-state index in [1.165, 1.54) is 6.07 Å². The summed E-state index contributed by atoms with van der Waals surface area (Å²) < 4.78 is 13.4. The SMILES string of the molecule is Cc1ccc(F)c(CNCc2cn[nH]c2)c1. The van der Waals surface area contributed by atoms with Crippen LogP contribution in [0.4, 0.5) is 4.39 Å². The van der Waals surface area contributed by atoms with Gasteiger partial charge in [0.2, 0.25) is 0 Å². The van der Waals surface area contributed by atoms with Crippen molar-refractivity contribution >= 4 is 0 Å². The summed E-state index contributed by atoms with van der Waals surface area (Å²) in [4.78, 5) is 0. The van der Waals surface area contributed by atoms with Crippen LogP contribution in [0.5, 0.6) is 0 Å². The normalized spacial score (nSPS) is 10.6. The smallest absolute Gasteiger partial charge is 0.127 e. The summed E-state index contributed by atoms with van der Waals surface area (Å²) in [5.41, 5.74) is 2.83. The maximum atomic E-state index is 13.4. The first-order valence-electron chi connectivity index (χ1n) is 5.19. The van der Waals surface area contributed by atoms with E-state index in [-0.39, 0.29) is 5.82 Å². The molecule has 2 aromatic rings. The van der Waals surface area contributed by atoms with Gasteiger partial charge in [-0.2, -0.15) is 5.10 Å². The first kappa shape index (κ1) is 10.8. The lowest BCUT2D eigenvalue weighted by Gasteiger charge is -2.05. The summed E-state index contributed by atoms with van der Waals surface area (Å²) in [6.07, 6.45) is 3.57. The van der Waals surface area contributed by atoms with Crippen molar-refractivity contribution in [3.05, 3.63) is 53.1 Å². The maximum absolute atomic E-state index is 13.4. The van der Waals surface area contributed by atoms with Crippen LogP contribution in [0, 0.1) is 12.7 Å². The molecule has 1 aromatic heterocycles. The van der Waals surface area contributed by atoms with E-state index in [0.29, 0.717) is 18.7 Å². The number of H-pyrrole nitrogens is 1. The van der Waals surface area contributed by atoms with Crippen molar-refractivity contribution in [3.63, 3.8) is 0 Å². The Morgan fingerprint density at radius 1 is 1.38 bits per heavy atom. The lowest BCUT2D eigenvalue weighted by Crippen LogP contribution is -2.13. The molecule has 0 aliphatic heterocycles. The van der Waals surface area contributed by atoms with Crippen molar-refractivity contribution in [2.24, 2.45) is 0 Å². The number of rotatable bonds is 4. The zero-order valence-electron chi connectivity index (χ0n) is 9.13. The van der Waals surface area contributed by atoms with Crippen LogP contribution in [0.15, 0.2) is 30.6 Å². The summed E-state index contributed by atoms with van der Waals surface area (Å²) in [7, 11) is 0. The lowest BCUT2D eigenvalue weighted by atomic mass is 10.1. The van der Waals surface area contributed by atoms with Crippen molar-refractivity contribution < 1.29 is 4.39 Å². The number of hydrogen-bond donors (Lipinski definition) is 2. The number of nitrogens with one attached hydrogen (secondary N) is 2. The van der Waals surface area contributed by atoms with Gasteiger partial charge in [-0.05, 0) is 13.0 Å². The van der Waals surface area contributed by atoms with Crippen molar-refractivity contribution in [1.29, 1.82) is 0 Å². The zero-order chi connectivity index (χ0) is 11.4. The molecule has 2 rings (SSSR count). The average molecular weight is 219 g/mol. The van der Waals surface area contributed by atoms with E-state index < -0.39 is 0 Å². The predicted octanol–water partition coefficient (Wildman–Crippen LogP) is 2.15. The molecule has 3 nitrogen and oxygen atoms in total. The molecular weight excluding hydrogens is 205 g/mol. The summed E-state index contributed by atoms with van der Waals surface area (Å²) in [6, 6.07) is 5.14. The number of nitrogens with zero attached hydrogens (tertiary/aromatic N) is 1. The second-order valence-corrected chi connectivity index (χ2v) is 3.80. The van der Waals surface area contributed by atoms with Gasteiger partial charge >= 0.3 is 0 Å². The second kappa shape index (κ2) is 4.90. The van der Waals surface area contributed by atoms with Gasteiger partial charge < -0.3 is 5.32 Å². The summed E-state index contributed by atoms with van der Waals surface area (Å²) in [5.74, 6) is -0.162. The molecule has 0 bridgehead atoms. The lowest BCUT2D eigenvalue weighted by molar-refractivity contribution is 0.587. The van der Waals surface area contributed by atoms with E-state index in [9.17, 15) is 4.39 Å². The third-order valence-corrected chi connectivity index (χ3v) is 2.40. The molecule has 0 spiro atoms. The van der Waals surface area contributed by atoms with Crippen molar-refractivity contribution in [3.8, 4) is 0 Å². The quantitative estimate of drug-likeness (QED) is 0.827. The molecule has 1 aromatic carbocycles. The van der Waals surface area contributed by atoms with Gasteiger partial charge in [0, 0.05) is 30.4 Å². The van der Waals surface area contributed by atoms with Gasteiger partial charge in [0.15, 0.2) is 0 Å². The molecule has 0 unspecified atom stereocenters. The van der Waals surface area contributed by atoms with Gasteiger partial charge in [0.1, 0.15) is 5.82 Å². The highest BCUT2D eigenvalue weighted by atomic mass is 19.1. The summed E-state index contributed by atoms with van der Waals surface area (Å²) >= 11 is 0. The summed E-state index contributed by atoms with van der Waals surface area (Å²) in [6.45, 7) is 3.17. The fourth-order valence-electron chi connectivity index (χ4n) is 1.55. The minimum atomic E-state index is -0.162. The standard InChI is InChI=1S/C12H14FN3/c1-9-2-3-12(13)11(4-9)8-14-5-10-6-15-16-7-10/h2-4,6-7,14H,5,8H2,1H3,(H,15,16). The number of hydrogen-bond acceptors (Lipinski definition) is 2. The van der Waals surface area contributed by atoms with Gasteiger partial charge in [0.05, 0.1) is 6.20 Å². The topological polar surface area (TPSA) is 40.7 Å². The van der Waals surface area contributed by atoms with Crippen LogP contribution >= 0.6 is 0 Å². The zero-order valence-corrected chi connectivity index (χ0v) is 9.13. The Morgan fingerprint density at radius 2 is 2.25 bits per heavy atom. The highest BCUT2D eigenvalue weighted by Gasteiger charge is 2.01. The van der Waals surface area contributed by atoms with Gasteiger partial charge in [-0.3, -0.25) is 5.10 Å². The van der Waals surface area contributed by atoms with Crippen LogP contribution in [0.1, 0.15) is 16.7 Å². The number of halogens is 1. The molecule has 1 heterocycles. The summed E-state index contributed by atoms with van der Waals surface area (Å²) in [5, 5.41) is 9.75. The molecule has 16 heavy (non-hydrogen) atoms. The first-order chi connectivity index (χ1) is 7.75. The molecule has 2 N–H and O–H groups in total. The van der Waals surface area contributed by atoms with E-state index in [0.717, 1.165) is 11.1 Å². The Balaban J connectivity index is 1.92. The monoisotopic (exact) mass is 219 g/mol. The molecule has 0 aliphatic carbocycles. The minimum Gasteiger partial charge on any atom is -0.308 e. The van der Waals surface area contributed by atoms with Crippen LogP contribution in [0.25, 0.3) is 0 Å². The third kappa shape index (κ3) is 2.67. The molecule has 0 amide bonds. The molecule has 84 valence electrons. The molecule has 0 fully saturated rings. The number of benzene rings is 1. The highest BCUT2D eigenvalue weighted by molar-refractivity contribution is 5.24. The Labute approximate surface area is 93.7 Å². The van der Waals surface area contributed by atoms with Crippen molar-refractivity contribution in [2.45, 2.75) is 20.0 Å². The Hall–Kier alpha value is -1.68. The minimum absolute atomic E-state index is 0.162. The number of aryl methyl sites for hydroxylation is 1. The molecule has 0 saturated heterocycles. The molecule has 0 aliphatic rings. The third-order valence-electron chi connectivity index (χ3n) is 2.40. The van der Waals surface area contributed by atoms with Crippen LogP contribution in [0.2, 0.25) is 0 Å². The first-order valence-corrected chi connectivity index (χ1v) is 5.19.